The number of carbonyl (C=O) groups excluding carboxylic acids is 1. The van der Waals surface area contributed by atoms with Crippen LogP contribution < -0.4 is 4.31 Å². The SMILES string of the molecule is O=C(OC(C(F)(F)F)C(F)(F)F)N1CCC(N(c2cccc3ccccc23)[SH](=O)=O)CC1. The molecule has 1 aliphatic rings. The summed E-state index contributed by atoms with van der Waals surface area (Å²) in [4.78, 5) is 12.6. The Morgan fingerprint density at radius 3 is 2.09 bits per heavy atom. The molecule has 0 radical (unpaired) electrons. The van der Waals surface area contributed by atoms with Crippen LogP contribution in [-0.4, -0.2) is 57.0 Å². The van der Waals surface area contributed by atoms with Crippen LogP contribution in [-0.2, 0) is 15.6 Å². The third kappa shape index (κ3) is 5.19. The smallest absolute Gasteiger partial charge is 0.426 e. The highest BCUT2D eigenvalue weighted by Gasteiger charge is 2.60. The van der Waals surface area contributed by atoms with Crippen LogP contribution in [0.4, 0.5) is 36.8 Å². The molecular formula is C19H18F6N2O4S. The number of nitrogens with zero attached hydrogens (tertiary/aromatic N) is 2. The Labute approximate surface area is 180 Å². The number of rotatable bonds is 4. The fourth-order valence-electron chi connectivity index (χ4n) is 3.61. The molecule has 0 atom stereocenters. The number of alkyl halides is 6. The molecule has 1 aliphatic heterocycles. The van der Waals surface area contributed by atoms with Crippen molar-refractivity contribution in [1.82, 2.24) is 4.90 Å². The minimum Gasteiger partial charge on any atom is -0.426 e. The Morgan fingerprint density at radius 1 is 0.969 bits per heavy atom. The van der Waals surface area contributed by atoms with Gasteiger partial charge in [0, 0.05) is 24.5 Å². The highest BCUT2D eigenvalue weighted by molar-refractivity contribution is 7.74. The second kappa shape index (κ2) is 9.04. The highest BCUT2D eigenvalue weighted by atomic mass is 32.2. The summed E-state index contributed by atoms with van der Waals surface area (Å²) in [6.45, 7) is -0.535. The van der Waals surface area contributed by atoms with Gasteiger partial charge in [-0.15, -0.1) is 0 Å². The number of anilines is 1. The largest absolute Gasteiger partial charge is 0.434 e. The first kappa shape index (κ1) is 24.0. The third-order valence-corrected chi connectivity index (χ3v) is 5.97. The van der Waals surface area contributed by atoms with Gasteiger partial charge in [0.1, 0.15) is 0 Å². The number of fused-ring (bicyclic) bond motifs is 1. The number of carbonyl (C=O) groups is 1. The Balaban J connectivity index is 1.74. The normalized spacial score (nSPS) is 16.1. The maximum absolute atomic E-state index is 12.6. The minimum absolute atomic E-state index is 0.00430. The molecule has 13 heteroatoms. The van der Waals surface area contributed by atoms with Gasteiger partial charge in [0.25, 0.3) is 6.10 Å². The van der Waals surface area contributed by atoms with Gasteiger partial charge in [-0.25, -0.2) is 13.2 Å². The molecule has 1 heterocycles. The van der Waals surface area contributed by atoms with E-state index >= 15 is 0 Å². The molecule has 0 spiro atoms. The molecule has 0 bridgehead atoms. The van der Waals surface area contributed by atoms with Crippen LogP contribution in [0, 0.1) is 0 Å². The Hall–Kier alpha value is -2.70. The molecule has 176 valence electrons. The van der Waals surface area contributed by atoms with Crippen LogP contribution in [0.25, 0.3) is 10.8 Å². The van der Waals surface area contributed by atoms with Gasteiger partial charge < -0.3 is 9.64 Å². The number of piperidine rings is 1. The fourth-order valence-corrected chi connectivity index (χ4v) is 4.46. The van der Waals surface area contributed by atoms with Crippen molar-refractivity contribution in [3.63, 3.8) is 0 Å². The highest BCUT2D eigenvalue weighted by Crippen LogP contribution is 2.36. The quantitative estimate of drug-likeness (QED) is 0.520. The summed E-state index contributed by atoms with van der Waals surface area (Å²) in [6.07, 6.45) is -17.6. The van der Waals surface area contributed by atoms with E-state index in [0.717, 1.165) is 9.69 Å². The van der Waals surface area contributed by atoms with Crippen molar-refractivity contribution in [2.24, 2.45) is 0 Å². The molecule has 0 saturated carbocycles. The zero-order valence-electron chi connectivity index (χ0n) is 16.3. The average Bonchev–Trinajstić information content (AvgIpc) is 2.71. The van der Waals surface area contributed by atoms with Gasteiger partial charge in [-0.3, -0.25) is 4.31 Å². The van der Waals surface area contributed by atoms with Gasteiger partial charge >= 0.3 is 18.4 Å². The van der Waals surface area contributed by atoms with Crippen LogP contribution in [0.1, 0.15) is 12.8 Å². The summed E-state index contributed by atoms with van der Waals surface area (Å²) in [5, 5.41) is 1.45. The Morgan fingerprint density at radius 2 is 1.53 bits per heavy atom. The Bertz CT molecular complexity index is 1020. The number of benzene rings is 2. The molecule has 1 saturated heterocycles. The second-order valence-corrected chi connectivity index (χ2v) is 8.05. The molecule has 0 aliphatic carbocycles. The van der Waals surface area contributed by atoms with Gasteiger partial charge in [0.05, 0.1) is 5.69 Å². The molecule has 32 heavy (non-hydrogen) atoms. The third-order valence-electron chi connectivity index (χ3n) is 5.07. The lowest BCUT2D eigenvalue weighted by Crippen LogP contribution is -2.51. The Kier molecular flexibility index (Phi) is 6.77. The predicted octanol–water partition coefficient (Wildman–Crippen LogP) is 4.27. The first-order valence-electron chi connectivity index (χ1n) is 9.40. The zero-order chi connectivity index (χ0) is 23.7. The van der Waals surface area contributed by atoms with Crippen LogP contribution in [0.2, 0.25) is 0 Å². The topological polar surface area (TPSA) is 66.9 Å². The van der Waals surface area contributed by atoms with Crippen LogP contribution in [0.15, 0.2) is 42.5 Å². The molecule has 0 aromatic heterocycles. The molecule has 3 rings (SSSR count). The molecule has 2 aromatic rings. The number of thiol groups is 1. The lowest BCUT2D eigenvalue weighted by atomic mass is 10.0. The fraction of sp³-hybridized carbons (Fsp3) is 0.421. The summed E-state index contributed by atoms with van der Waals surface area (Å²) in [6, 6.07) is 11.5. The summed E-state index contributed by atoms with van der Waals surface area (Å²) in [5.74, 6) is 0. The number of halogens is 6. The van der Waals surface area contributed by atoms with E-state index in [0.29, 0.717) is 16.0 Å². The lowest BCUT2D eigenvalue weighted by molar-refractivity contribution is -0.308. The van der Waals surface area contributed by atoms with E-state index in [1.165, 1.54) is 0 Å². The van der Waals surface area contributed by atoms with E-state index in [-0.39, 0.29) is 25.9 Å². The van der Waals surface area contributed by atoms with Crippen LogP contribution in [0.3, 0.4) is 0 Å². The molecule has 0 N–H and O–H groups in total. The van der Waals surface area contributed by atoms with Crippen molar-refractivity contribution < 1.29 is 44.3 Å². The van der Waals surface area contributed by atoms with Gasteiger partial charge in [-0.1, -0.05) is 36.4 Å². The standard InChI is InChI=1S/C19H18F6N2O4S/c20-18(21,22)16(19(23,24)25)31-17(28)26-10-8-13(9-11-26)27(32(29)30)15-7-3-5-12-4-1-2-6-14(12)15/h1-7,13,16,32H,8-11H2. The van der Waals surface area contributed by atoms with E-state index in [9.17, 15) is 39.6 Å². The minimum atomic E-state index is -5.81. The maximum atomic E-state index is 12.6. The van der Waals surface area contributed by atoms with Gasteiger partial charge in [0.15, 0.2) is 0 Å². The van der Waals surface area contributed by atoms with Crippen molar-refractivity contribution in [2.75, 3.05) is 17.4 Å². The summed E-state index contributed by atoms with van der Waals surface area (Å²) in [5.41, 5.74) is 0.398. The number of hydrogen-bond acceptors (Lipinski definition) is 4. The van der Waals surface area contributed by atoms with Gasteiger partial charge in [-0.2, -0.15) is 26.3 Å². The summed E-state index contributed by atoms with van der Waals surface area (Å²) < 4.78 is 105. The number of hydrogen-bond donors (Lipinski definition) is 1. The molecule has 0 unspecified atom stereocenters. The van der Waals surface area contributed by atoms with Crippen LogP contribution >= 0.6 is 0 Å². The summed E-state index contributed by atoms with van der Waals surface area (Å²) >= 11 is 0. The summed E-state index contributed by atoms with van der Waals surface area (Å²) in [7, 11) is -3.11. The van der Waals surface area contributed by atoms with Crippen molar-refractivity contribution in [3.05, 3.63) is 42.5 Å². The number of likely N-dealkylation sites (tertiary alicyclic amines) is 1. The molecule has 6 nitrogen and oxygen atoms in total. The molecular weight excluding hydrogens is 466 g/mol. The van der Waals surface area contributed by atoms with Crippen molar-refractivity contribution in [1.29, 1.82) is 0 Å². The predicted molar refractivity (Wildman–Crippen MR) is 104 cm³/mol. The molecule has 1 fully saturated rings. The van der Waals surface area contributed by atoms with E-state index in [2.05, 4.69) is 4.74 Å². The zero-order valence-corrected chi connectivity index (χ0v) is 17.2. The second-order valence-electron chi connectivity index (χ2n) is 7.15. The first-order valence-corrected chi connectivity index (χ1v) is 10.5. The van der Waals surface area contributed by atoms with Crippen molar-refractivity contribution in [3.8, 4) is 0 Å². The van der Waals surface area contributed by atoms with Crippen LogP contribution in [0.5, 0.6) is 0 Å². The number of ether oxygens (including phenoxy) is 1. The lowest BCUT2D eigenvalue weighted by Gasteiger charge is -2.37. The monoisotopic (exact) mass is 484 g/mol. The first-order chi connectivity index (χ1) is 14.9. The molecule has 1 amide bonds. The van der Waals surface area contributed by atoms with E-state index in [4.69, 9.17) is 0 Å². The van der Waals surface area contributed by atoms with E-state index in [1.807, 2.05) is 0 Å². The van der Waals surface area contributed by atoms with Crippen molar-refractivity contribution in [2.45, 2.75) is 37.3 Å². The van der Waals surface area contributed by atoms with E-state index < -0.39 is 41.5 Å². The number of amides is 1. The van der Waals surface area contributed by atoms with E-state index in [1.54, 1.807) is 42.5 Å². The van der Waals surface area contributed by atoms with Gasteiger partial charge in [0.2, 0.25) is 10.9 Å². The molecule has 2 aromatic carbocycles. The van der Waals surface area contributed by atoms with Crippen molar-refractivity contribution >= 4 is 33.4 Å². The average molecular weight is 484 g/mol. The van der Waals surface area contributed by atoms with Gasteiger partial charge in [-0.05, 0) is 24.3 Å². The maximum Gasteiger partial charge on any atom is 0.434 e.